The van der Waals surface area contributed by atoms with E-state index in [0.29, 0.717) is 16.9 Å². The second-order valence-corrected chi connectivity index (χ2v) is 5.14. The minimum Gasteiger partial charge on any atom is -0.497 e. The van der Waals surface area contributed by atoms with Crippen LogP contribution in [0.3, 0.4) is 0 Å². The number of ketones is 1. The molecule has 0 unspecified atom stereocenters. The highest BCUT2D eigenvalue weighted by Gasteiger charge is 2.12. The van der Waals surface area contributed by atoms with E-state index in [2.05, 4.69) is 4.98 Å². The Kier molecular flexibility index (Phi) is 4.52. The van der Waals surface area contributed by atoms with Crippen molar-refractivity contribution >= 4 is 22.7 Å². The first-order valence-corrected chi connectivity index (χ1v) is 7.36. The number of pyridine rings is 1. The van der Waals surface area contributed by atoms with E-state index in [-0.39, 0.29) is 12.4 Å². The van der Waals surface area contributed by atoms with Gasteiger partial charge < -0.3 is 9.47 Å². The molecular weight excluding hydrogens is 306 g/mol. The van der Waals surface area contributed by atoms with Crippen LogP contribution in [0.15, 0.2) is 60.8 Å². The Morgan fingerprint density at radius 3 is 2.50 bits per heavy atom. The zero-order chi connectivity index (χ0) is 16.9. The molecule has 3 rings (SSSR count). The van der Waals surface area contributed by atoms with Crippen LogP contribution in [0, 0.1) is 0 Å². The van der Waals surface area contributed by atoms with Crippen LogP contribution in [-0.4, -0.2) is 30.5 Å². The van der Waals surface area contributed by atoms with Crippen molar-refractivity contribution in [3.05, 3.63) is 71.9 Å². The van der Waals surface area contributed by atoms with Crippen LogP contribution in [0.25, 0.3) is 10.9 Å². The zero-order valence-electron chi connectivity index (χ0n) is 13.1. The van der Waals surface area contributed by atoms with E-state index >= 15 is 0 Å². The molecule has 0 aliphatic rings. The predicted octanol–water partition coefficient (Wildman–Crippen LogP) is 3.28. The van der Waals surface area contributed by atoms with Crippen LogP contribution in [0.2, 0.25) is 0 Å². The van der Waals surface area contributed by atoms with Gasteiger partial charge in [-0.3, -0.25) is 9.78 Å². The Labute approximate surface area is 138 Å². The van der Waals surface area contributed by atoms with E-state index in [1.54, 1.807) is 61.8 Å². The van der Waals surface area contributed by atoms with Gasteiger partial charge in [-0.2, -0.15) is 0 Å². The molecule has 5 heteroatoms. The number of benzene rings is 2. The summed E-state index contributed by atoms with van der Waals surface area (Å²) in [4.78, 5) is 28.4. The summed E-state index contributed by atoms with van der Waals surface area (Å²) in [6, 6.07) is 15.4. The Bertz CT molecular complexity index is 887. The number of rotatable bonds is 5. The van der Waals surface area contributed by atoms with E-state index in [1.165, 1.54) is 0 Å². The van der Waals surface area contributed by atoms with Crippen molar-refractivity contribution in [2.45, 2.75) is 0 Å². The molecular formula is C19H15NO4. The number of aromatic nitrogens is 1. The quantitative estimate of drug-likeness (QED) is 0.533. The molecule has 1 heterocycles. The molecule has 1 aromatic heterocycles. The predicted molar refractivity (Wildman–Crippen MR) is 89.4 cm³/mol. The third kappa shape index (κ3) is 3.41. The number of methoxy groups -OCH3 is 1. The molecule has 0 spiro atoms. The van der Waals surface area contributed by atoms with Gasteiger partial charge in [-0.25, -0.2) is 4.79 Å². The van der Waals surface area contributed by atoms with E-state index in [9.17, 15) is 9.59 Å². The van der Waals surface area contributed by atoms with Crippen molar-refractivity contribution in [3.8, 4) is 5.75 Å². The van der Waals surface area contributed by atoms with Gasteiger partial charge in [0.1, 0.15) is 5.75 Å². The van der Waals surface area contributed by atoms with E-state index in [0.717, 1.165) is 10.9 Å². The minimum absolute atomic E-state index is 0.270. The van der Waals surface area contributed by atoms with E-state index in [1.807, 2.05) is 6.07 Å². The Morgan fingerprint density at radius 1 is 1.00 bits per heavy atom. The lowest BCUT2D eigenvalue weighted by Crippen LogP contribution is -2.14. The summed E-state index contributed by atoms with van der Waals surface area (Å²) in [5, 5.41) is 0.841. The maximum atomic E-state index is 12.1. The molecule has 0 saturated heterocycles. The molecule has 0 N–H and O–H groups in total. The summed E-state index contributed by atoms with van der Waals surface area (Å²) in [7, 11) is 1.55. The van der Waals surface area contributed by atoms with Gasteiger partial charge >= 0.3 is 5.97 Å². The topological polar surface area (TPSA) is 65.5 Å². The van der Waals surface area contributed by atoms with Gasteiger partial charge in [-0.1, -0.05) is 6.07 Å². The van der Waals surface area contributed by atoms with Gasteiger partial charge in [0, 0.05) is 17.1 Å². The summed E-state index contributed by atoms with van der Waals surface area (Å²) in [5.74, 6) is -0.149. The van der Waals surface area contributed by atoms with Crippen molar-refractivity contribution in [3.63, 3.8) is 0 Å². The fraction of sp³-hybridized carbons (Fsp3) is 0.105. The number of carbonyl (C=O) groups excluding carboxylic acids is 2. The first-order valence-electron chi connectivity index (χ1n) is 7.36. The summed E-state index contributed by atoms with van der Waals surface area (Å²) in [5.41, 5.74) is 1.65. The first kappa shape index (κ1) is 15.7. The molecule has 0 fully saturated rings. The summed E-state index contributed by atoms with van der Waals surface area (Å²) < 4.78 is 10.1. The van der Waals surface area contributed by atoms with Crippen LogP contribution in [0.4, 0.5) is 0 Å². The number of fused-ring (bicyclic) bond motifs is 1. The normalized spacial score (nSPS) is 10.4. The van der Waals surface area contributed by atoms with E-state index in [4.69, 9.17) is 9.47 Å². The molecule has 0 atom stereocenters. The van der Waals surface area contributed by atoms with Crippen LogP contribution in [0.1, 0.15) is 20.7 Å². The molecule has 24 heavy (non-hydrogen) atoms. The Balaban J connectivity index is 1.66. The van der Waals surface area contributed by atoms with Crippen molar-refractivity contribution in [2.24, 2.45) is 0 Å². The second kappa shape index (κ2) is 6.91. The van der Waals surface area contributed by atoms with E-state index < -0.39 is 5.97 Å². The fourth-order valence-electron chi connectivity index (χ4n) is 2.28. The van der Waals surface area contributed by atoms with Crippen LogP contribution < -0.4 is 4.74 Å². The smallest absolute Gasteiger partial charge is 0.338 e. The van der Waals surface area contributed by atoms with Crippen molar-refractivity contribution < 1.29 is 19.1 Å². The van der Waals surface area contributed by atoms with Crippen molar-refractivity contribution in [1.82, 2.24) is 4.98 Å². The third-order valence-corrected chi connectivity index (χ3v) is 3.59. The standard InChI is InChI=1S/C19H15NO4/c1-23-16-7-4-13(5-8-16)18(21)12-24-19(22)15-6-9-17-14(11-15)3-2-10-20-17/h2-11H,12H2,1H3. The summed E-state index contributed by atoms with van der Waals surface area (Å²) in [6.07, 6.45) is 1.69. The van der Waals surface area contributed by atoms with Crippen LogP contribution >= 0.6 is 0 Å². The highest BCUT2D eigenvalue weighted by atomic mass is 16.5. The second-order valence-electron chi connectivity index (χ2n) is 5.14. The highest BCUT2D eigenvalue weighted by molar-refractivity contribution is 6.00. The van der Waals surface area contributed by atoms with Crippen molar-refractivity contribution in [2.75, 3.05) is 13.7 Å². The maximum Gasteiger partial charge on any atom is 0.338 e. The Morgan fingerprint density at radius 2 is 1.75 bits per heavy atom. The summed E-state index contributed by atoms with van der Waals surface area (Å²) in [6.45, 7) is -0.309. The Hall–Kier alpha value is -3.21. The molecule has 0 aliphatic heterocycles. The minimum atomic E-state index is -0.539. The average Bonchev–Trinajstić information content (AvgIpc) is 2.65. The number of esters is 1. The number of nitrogens with zero attached hydrogens (tertiary/aromatic N) is 1. The fourth-order valence-corrected chi connectivity index (χ4v) is 2.28. The monoisotopic (exact) mass is 321 g/mol. The SMILES string of the molecule is COc1ccc(C(=O)COC(=O)c2ccc3ncccc3c2)cc1. The molecule has 0 radical (unpaired) electrons. The van der Waals surface area contributed by atoms with Gasteiger partial charge in [0.05, 0.1) is 18.2 Å². The van der Waals surface area contributed by atoms with Crippen molar-refractivity contribution in [1.29, 1.82) is 0 Å². The average molecular weight is 321 g/mol. The maximum absolute atomic E-state index is 12.1. The van der Waals surface area contributed by atoms with Crippen LogP contribution in [-0.2, 0) is 4.74 Å². The molecule has 120 valence electrons. The molecule has 0 aliphatic carbocycles. The molecule has 0 bridgehead atoms. The highest BCUT2D eigenvalue weighted by Crippen LogP contribution is 2.15. The lowest BCUT2D eigenvalue weighted by atomic mass is 10.1. The lowest BCUT2D eigenvalue weighted by Gasteiger charge is -2.06. The lowest BCUT2D eigenvalue weighted by molar-refractivity contribution is 0.0475. The van der Waals surface area contributed by atoms with Gasteiger partial charge in [0.15, 0.2) is 12.4 Å². The van der Waals surface area contributed by atoms with Gasteiger partial charge in [0.25, 0.3) is 0 Å². The third-order valence-electron chi connectivity index (χ3n) is 3.59. The zero-order valence-corrected chi connectivity index (χ0v) is 13.1. The number of carbonyl (C=O) groups is 2. The number of hydrogen-bond acceptors (Lipinski definition) is 5. The summed E-state index contributed by atoms with van der Waals surface area (Å²) >= 11 is 0. The van der Waals surface area contributed by atoms with Crippen LogP contribution in [0.5, 0.6) is 5.75 Å². The molecule has 0 amide bonds. The van der Waals surface area contributed by atoms with Gasteiger partial charge in [-0.15, -0.1) is 0 Å². The molecule has 5 nitrogen and oxygen atoms in total. The van der Waals surface area contributed by atoms with Gasteiger partial charge in [-0.05, 0) is 48.5 Å². The first-order chi connectivity index (χ1) is 11.7. The number of Topliss-reactive ketones (excluding diaryl/α,β-unsaturated/α-hetero) is 1. The molecule has 3 aromatic rings. The number of ether oxygens (including phenoxy) is 2. The number of hydrogen-bond donors (Lipinski definition) is 0. The largest absolute Gasteiger partial charge is 0.497 e. The van der Waals surface area contributed by atoms with Gasteiger partial charge in [0.2, 0.25) is 0 Å². The molecule has 0 saturated carbocycles. The molecule has 2 aromatic carbocycles.